The molecule has 0 aromatic heterocycles. The lowest BCUT2D eigenvalue weighted by Gasteiger charge is -2.28. The zero-order valence-corrected chi connectivity index (χ0v) is 14.2. The van der Waals surface area contributed by atoms with Gasteiger partial charge >= 0.3 is 0 Å². The first-order valence-corrected chi connectivity index (χ1v) is 8.66. The van der Waals surface area contributed by atoms with E-state index < -0.39 is 22.0 Å². The van der Waals surface area contributed by atoms with Crippen molar-refractivity contribution in [1.29, 1.82) is 0 Å². The number of nitrogens with zero attached hydrogens (tertiary/aromatic N) is 1. The molecule has 0 unspecified atom stereocenters. The van der Waals surface area contributed by atoms with Gasteiger partial charge in [-0.2, -0.15) is 0 Å². The van der Waals surface area contributed by atoms with Crippen LogP contribution in [-0.4, -0.2) is 40.3 Å². The van der Waals surface area contributed by atoms with Crippen LogP contribution in [0, 0.1) is 0 Å². The largest absolute Gasteiger partial charge is 0.495 e. The quantitative estimate of drug-likeness (QED) is 0.764. The van der Waals surface area contributed by atoms with Crippen molar-refractivity contribution >= 4 is 33.2 Å². The number of rotatable bonds is 7. The van der Waals surface area contributed by atoms with Gasteiger partial charge in [-0.3, -0.25) is 9.10 Å². The van der Waals surface area contributed by atoms with E-state index in [0.717, 1.165) is 10.6 Å². The van der Waals surface area contributed by atoms with Gasteiger partial charge in [0.15, 0.2) is 0 Å². The smallest absolute Gasteiger partial charge is 0.243 e. The zero-order chi connectivity index (χ0) is 16.9. The van der Waals surface area contributed by atoms with Gasteiger partial charge < -0.3 is 10.1 Å². The van der Waals surface area contributed by atoms with E-state index in [1.165, 1.54) is 32.2 Å². The highest BCUT2D eigenvalue weighted by Crippen LogP contribution is 2.31. The molecule has 1 amide bonds. The Kier molecular flexibility index (Phi) is 6.25. The Bertz CT molecular complexity index is 661. The van der Waals surface area contributed by atoms with Gasteiger partial charge in [-0.05, 0) is 25.1 Å². The molecule has 0 spiro atoms. The van der Waals surface area contributed by atoms with Gasteiger partial charge in [0.25, 0.3) is 0 Å². The van der Waals surface area contributed by atoms with Crippen LogP contribution in [0.4, 0.5) is 5.69 Å². The Balaban J connectivity index is 3.22. The minimum atomic E-state index is -3.68. The van der Waals surface area contributed by atoms with Crippen molar-refractivity contribution in [2.75, 3.05) is 24.2 Å². The number of carbonyl (C=O) groups excluding carboxylic acids is 1. The van der Waals surface area contributed by atoms with Crippen LogP contribution in [0.5, 0.6) is 5.75 Å². The number of hydrogen-bond acceptors (Lipinski definition) is 4. The molecule has 6 nitrogen and oxygen atoms in total. The van der Waals surface area contributed by atoms with Gasteiger partial charge in [0.1, 0.15) is 11.8 Å². The van der Waals surface area contributed by atoms with Crippen molar-refractivity contribution in [3.05, 3.63) is 35.9 Å². The summed E-state index contributed by atoms with van der Waals surface area (Å²) in [5.41, 5.74) is 0.287. The number of hydrogen-bond donors (Lipinski definition) is 1. The molecule has 0 fully saturated rings. The summed E-state index contributed by atoms with van der Waals surface area (Å²) in [6.45, 7) is 5.25. The maximum Gasteiger partial charge on any atom is 0.243 e. The predicted molar refractivity (Wildman–Crippen MR) is 88.0 cm³/mol. The molecule has 0 aliphatic rings. The van der Waals surface area contributed by atoms with Gasteiger partial charge in [0.05, 0.1) is 24.1 Å². The van der Waals surface area contributed by atoms with E-state index in [9.17, 15) is 13.2 Å². The SMILES string of the molecule is C=CCNC(=O)[C@@H](C)N(c1ccc(OC)c(Cl)c1)S(C)(=O)=O. The van der Waals surface area contributed by atoms with Gasteiger partial charge in [-0.25, -0.2) is 8.42 Å². The third-order valence-electron chi connectivity index (χ3n) is 2.90. The van der Waals surface area contributed by atoms with E-state index in [1.54, 1.807) is 6.07 Å². The lowest BCUT2D eigenvalue weighted by atomic mass is 10.2. The minimum Gasteiger partial charge on any atom is -0.495 e. The molecule has 1 N–H and O–H groups in total. The second kappa shape index (κ2) is 7.51. The molecule has 0 heterocycles. The lowest BCUT2D eigenvalue weighted by molar-refractivity contribution is -0.121. The molecule has 1 rings (SSSR count). The van der Waals surface area contributed by atoms with Crippen molar-refractivity contribution in [3.63, 3.8) is 0 Å². The fraction of sp³-hybridized carbons (Fsp3) is 0.357. The topological polar surface area (TPSA) is 75.7 Å². The summed E-state index contributed by atoms with van der Waals surface area (Å²) < 4.78 is 30.2. The number of carbonyl (C=O) groups is 1. The third-order valence-corrected chi connectivity index (χ3v) is 4.44. The maximum atomic E-state index is 12.1. The number of anilines is 1. The second-order valence-electron chi connectivity index (χ2n) is 4.59. The Morgan fingerprint density at radius 3 is 2.64 bits per heavy atom. The monoisotopic (exact) mass is 346 g/mol. The van der Waals surface area contributed by atoms with E-state index in [0.29, 0.717) is 5.75 Å². The van der Waals surface area contributed by atoms with Crippen molar-refractivity contribution in [1.82, 2.24) is 5.32 Å². The third kappa shape index (κ3) is 4.38. The maximum absolute atomic E-state index is 12.1. The Labute approximate surface area is 135 Å². The van der Waals surface area contributed by atoms with Gasteiger partial charge in [0, 0.05) is 6.54 Å². The molecule has 0 bridgehead atoms. The molecule has 0 radical (unpaired) electrons. The number of sulfonamides is 1. The highest BCUT2D eigenvalue weighted by Gasteiger charge is 2.29. The van der Waals surface area contributed by atoms with Gasteiger partial charge in [-0.15, -0.1) is 6.58 Å². The molecular formula is C14H19ClN2O4S. The van der Waals surface area contributed by atoms with Crippen LogP contribution in [-0.2, 0) is 14.8 Å². The fourth-order valence-corrected chi connectivity index (χ4v) is 3.34. The molecule has 22 heavy (non-hydrogen) atoms. The normalized spacial score (nSPS) is 12.4. The molecular weight excluding hydrogens is 328 g/mol. The van der Waals surface area contributed by atoms with E-state index in [-0.39, 0.29) is 17.3 Å². The molecule has 0 saturated heterocycles. The van der Waals surface area contributed by atoms with Crippen LogP contribution in [0.2, 0.25) is 5.02 Å². The van der Waals surface area contributed by atoms with Crippen molar-refractivity contribution in [3.8, 4) is 5.75 Å². The van der Waals surface area contributed by atoms with Crippen molar-refractivity contribution < 1.29 is 17.9 Å². The van der Waals surface area contributed by atoms with Crippen molar-refractivity contribution in [2.24, 2.45) is 0 Å². The van der Waals surface area contributed by atoms with E-state index in [2.05, 4.69) is 11.9 Å². The van der Waals surface area contributed by atoms with Crippen LogP contribution in [0.1, 0.15) is 6.92 Å². The van der Waals surface area contributed by atoms with E-state index in [1.807, 2.05) is 0 Å². The molecule has 1 aromatic rings. The second-order valence-corrected chi connectivity index (χ2v) is 6.85. The fourth-order valence-electron chi connectivity index (χ4n) is 1.92. The van der Waals surface area contributed by atoms with Crippen LogP contribution in [0.3, 0.4) is 0 Å². The summed E-state index contributed by atoms with van der Waals surface area (Å²) >= 11 is 6.03. The lowest BCUT2D eigenvalue weighted by Crippen LogP contribution is -2.47. The summed E-state index contributed by atoms with van der Waals surface area (Å²) in [5.74, 6) is -0.0140. The number of amides is 1. The van der Waals surface area contributed by atoms with Crippen LogP contribution in [0.25, 0.3) is 0 Å². The first kappa shape index (κ1) is 18.3. The molecule has 0 aliphatic heterocycles. The summed E-state index contributed by atoms with van der Waals surface area (Å²) in [6.07, 6.45) is 2.54. The summed E-state index contributed by atoms with van der Waals surface area (Å²) in [7, 11) is -2.22. The molecule has 8 heteroatoms. The first-order chi connectivity index (χ1) is 10.2. The summed E-state index contributed by atoms with van der Waals surface area (Å²) in [6, 6.07) is 3.59. The average molecular weight is 347 g/mol. The first-order valence-electron chi connectivity index (χ1n) is 6.44. The summed E-state index contributed by atoms with van der Waals surface area (Å²) in [5, 5.41) is 2.83. The van der Waals surface area contributed by atoms with Crippen LogP contribution < -0.4 is 14.4 Å². The van der Waals surface area contributed by atoms with E-state index >= 15 is 0 Å². The Hall–Kier alpha value is -1.73. The Morgan fingerprint density at radius 2 is 2.18 bits per heavy atom. The number of nitrogens with one attached hydrogen (secondary N) is 1. The zero-order valence-electron chi connectivity index (χ0n) is 12.7. The molecule has 1 aromatic carbocycles. The van der Waals surface area contributed by atoms with Crippen LogP contribution in [0.15, 0.2) is 30.9 Å². The summed E-state index contributed by atoms with van der Waals surface area (Å²) in [4.78, 5) is 12.0. The molecule has 1 atom stereocenters. The minimum absolute atomic E-state index is 0.254. The van der Waals surface area contributed by atoms with Gasteiger partial charge in [-0.1, -0.05) is 17.7 Å². The number of methoxy groups -OCH3 is 1. The standard InChI is InChI=1S/C14H19ClN2O4S/c1-5-8-16-14(18)10(2)17(22(4,19)20)11-6-7-13(21-3)12(15)9-11/h5-7,9-10H,1,8H2,2-4H3,(H,16,18)/t10-/m1/s1. The number of halogens is 1. The Morgan fingerprint density at radius 1 is 1.55 bits per heavy atom. The highest BCUT2D eigenvalue weighted by atomic mass is 35.5. The van der Waals surface area contributed by atoms with Gasteiger partial charge in [0.2, 0.25) is 15.9 Å². The highest BCUT2D eigenvalue weighted by molar-refractivity contribution is 7.92. The molecule has 0 saturated carbocycles. The van der Waals surface area contributed by atoms with Crippen LogP contribution >= 0.6 is 11.6 Å². The average Bonchev–Trinajstić information content (AvgIpc) is 2.43. The number of ether oxygens (including phenoxy) is 1. The molecule has 0 aliphatic carbocycles. The molecule has 122 valence electrons. The predicted octanol–water partition coefficient (Wildman–Crippen LogP) is 1.81. The number of benzene rings is 1. The van der Waals surface area contributed by atoms with E-state index in [4.69, 9.17) is 16.3 Å². The van der Waals surface area contributed by atoms with Crippen molar-refractivity contribution in [2.45, 2.75) is 13.0 Å².